The van der Waals surface area contributed by atoms with Crippen LogP contribution in [0, 0.1) is 0 Å². The highest BCUT2D eigenvalue weighted by Crippen LogP contribution is 2.25. The fraction of sp³-hybridized carbons (Fsp3) is 0.364. The molecule has 15 heavy (non-hydrogen) atoms. The maximum Gasteiger partial charge on any atom is 0.412 e. The summed E-state index contributed by atoms with van der Waals surface area (Å²) in [7, 11) is 1.53. The molecule has 0 aliphatic carbocycles. The molecule has 1 aromatic carbocycles. The maximum absolute atomic E-state index is 11.3. The SMILES string of the molecule is COc1ccccc1OC(=O)NC(C)C. The van der Waals surface area contributed by atoms with Gasteiger partial charge in [-0.15, -0.1) is 0 Å². The minimum Gasteiger partial charge on any atom is -0.493 e. The summed E-state index contributed by atoms with van der Waals surface area (Å²) in [4.78, 5) is 11.3. The Morgan fingerprint density at radius 1 is 1.27 bits per heavy atom. The second kappa shape index (κ2) is 5.24. The average Bonchev–Trinajstić information content (AvgIpc) is 2.17. The number of amides is 1. The summed E-state index contributed by atoms with van der Waals surface area (Å²) in [6, 6.07) is 7.05. The molecule has 0 aliphatic heterocycles. The van der Waals surface area contributed by atoms with Gasteiger partial charge in [0.05, 0.1) is 7.11 Å². The summed E-state index contributed by atoms with van der Waals surface area (Å²) in [5, 5.41) is 2.63. The lowest BCUT2D eigenvalue weighted by atomic mass is 10.3. The molecule has 0 unspecified atom stereocenters. The molecule has 4 nitrogen and oxygen atoms in total. The minimum absolute atomic E-state index is 0.0483. The highest BCUT2D eigenvalue weighted by molar-refractivity contribution is 5.71. The monoisotopic (exact) mass is 209 g/mol. The van der Waals surface area contributed by atoms with Gasteiger partial charge in [-0.3, -0.25) is 0 Å². The van der Waals surface area contributed by atoms with Crippen LogP contribution in [0.5, 0.6) is 11.5 Å². The molecule has 0 bridgehead atoms. The highest BCUT2D eigenvalue weighted by Gasteiger charge is 2.09. The third kappa shape index (κ3) is 3.50. The van der Waals surface area contributed by atoms with Crippen molar-refractivity contribution in [1.29, 1.82) is 0 Å². The van der Waals surface area contributed by atoms with E-state index in [1.807, 2.05) is 19.9 Å². The summed E-state index contributed by atoms with van der Waals surface area (Å²) in [5.41, 5.74) is 0. The average molecular weight is 209 g/mol. The van der Waals surface area contributed by atoms with Crippen molar-refractivity contribution in [3.05, 3.63) is 24.3 Å². The van der Waals surface area contributed by atoms with Crippen molar-refractivity contribution in [2.45, 2.75) is 19.9 Å². The molecule has 0 aromatic heterocycles. The first-order valence-corrected chi connectivity index (χ1v) is 4.75. The second-order valence-electron chi connectivity index (χ2n) is 3.34. The van der Waals surface area contributed by atoms with Crippen LogP contribution >= 0.6 is 0 Å². The van der Waals surface area contributed by atoms with Gasteiger partial charge in [0, 0.05) is 6.04 Å². The number of carbonyl (C=O) groups is 1. The van der Waals surface area contributed by atoms with E-state index in [1.54, 1.807) is 18.2 Å². The third-order valence-electron chi connectivity index (χ3n) is 1.68. The first-order valence-electron chi connectivity index (χ1n) is 4.75. The largest absolute Gasteiger partial charge is 0.493 e. The van der Waals surface area contributed by atoms with Gasteiger partial charge in [0.25, 0.3) is 0 Å². The van der Waals surface area contributed by atoms with Gasteiger partial charge in [-0.05, 0) is 26.0 Å². The van der Waals surface area contributed by atoms with Gasteiger partial charge in [-0.25, -0.2) is 4.79 Å². The Morgan fingerprint density at radius 3 is 2.40 bits per heavy atom. The quantitative estimate of drug-likeness (QED) is 0.830. The standard InChI is InChI=1S/C11H15NO3/c1-8(2)12-11(13)15-10-7-5-4-6-9(10)14-3/h4-8H,1-3H3,(H,12,13). The molecule has 0 aliphatic rings. The molecule has 0 saturated carbocycles. The molecule has 0 heterocycles. The maximum atomic E-state index is 11.3. The zero-order valence-corrected chi connectivity index (χ0v) is 9.11. The molecule has 1 amide bonds. The van der Waals surface area contributed by atoms with Crippen LogP contribution in [0.15, 0.2) is 24.3 Å². The summed E-state index contributed by atoms with van der Waals surface area (Å²) >= 11 is 0. The fourth-order valence-electron chi connectivity index (χ4n) is 1.07. The van der Waals surface area contributed by atoms with Gasteiger partial charge in [-0.1, -0.05) is 12.1 Å². The number of hydrogen-bond donors (Lipinski definition) is 1. The number of para-hydroxylation sites is 2. The predicted octanol–water partition coefficient (Wildman–Crippen LogP) is 2.19. The lowest BCUT2D eigenvalue weighted by Gasteiger charge is -2.11. The molecule has 82 valence electrons. The van der Waals surface area contributed by atoms with E-state index in [0.717, 1.165) is 0 Å². The van der Waals surface area contributed by atoms with Crippen LogP contribution in [0.3, 0.4) is 0 Å². The van der Waals surface area contributed by atoms with Crippen LogP contribution in [0.2, 0.25) is 0 Å². The molecule has 1 rings (SSSR count). The van der Waals surface area contributed by atoms with Crippen LogP contribution in [0.4, 0.5) is 4.79 Å². The van der Waals surface area contributed by atoms with E-state index >= 15 is 0 Å². The van der Waals surface area contributed by atoms with Crippen LogP contribution in [0.1, 0.15) is 13.8 Å². The van der Waals surface area contributed by atoms with Gasteiger partial charge < -0.3 is 14.8 Å². The Labute approximate surface area is 89.2 Å². The van der Waals surface area contributed by atoms with Gasteiger partial charge in [-0.2, -0.15) is 0 Å². The van der Waals surface area contributed by atoms with Crippen LogP contribution in [-0.2, 0) is 0 Å². The normalized spacial score (nSPS) is 9.87. The number of nitrogens with one attached hydrogen (secondary N) is 1. The van der Waals surface area contributed by atoms with Gasteiger partial charge in [0.1, 0.15) is 0 Å². The smallest absolute Gasteiger partial charge is 0.412 e. The fourth-order valence-corrected chi connectivity index (χ4v) is 1.07. The van der Waals surface area contributed by atoms with E-state index in [0.29, 0.717) is 11.5 Å². The first kappa shape index (κ1) is 11.4. The Bertz CT molecular complexity index is 336. The minimum atomic E-state index is -0.477. The highest BCUT2D eigenvalue weighted by atomic mass is 16.6. The van der Waals surface area contributed by atoms with Crippen molar-refractivity contribution in [3.63, 3.8) is 0 Å². The second-order valence-corrected chi connectivity index (χ2v) is 3.34. The Hall–Kier alpha value is -1.71. The van der Waals surface area contributed by atoms with E-state index in [4.69, 9.17) is 9.47 Å². The van der Waals surface area contributed by atoms with Crippen LogP contribution < -0.4 is 14.8 Å². The van der Waals surface area contributed by atoms with Crippen LogP contribution in [-0.4, -0.2) is 19.2 Å². The summed E-state index contributed by atoms with van der Waals surface area (Å²) in [5.74, 6) is 0.953. The number of carbonyl (C=O) groups excluding carboxylic acids is 1. The topological polar surface area (TPSA) is 47.6 Å². The zero-order chi connectivity index (χ0) is 11.3. The summed E-state index contributed by atoms with van der Waals surface area (Å²) in [6.07, 6.45) is -0.477. The van der Waals surface area contributed by atoms with E-state index in [-0.39, 0.29) is 6.04 Å². The Balaban J connectivity index is 2.67. The molecule has 0 atom stereocenters. The molecule has 0 fully saturated rings. The van der Waals surface area contributed by atoms with Crippen molar-refractivity contribution in [2.75, 3.05) is 7.11 Å². The third-order valence-corrected chi connectivity index (χ3v) is 1.68. The van der Waals surface area contributed by atoms with Crippen molar-refractivity contribution >= 4 is 6.09 Å². The zero-order valence-electron chi connectivity index (χ0n) is 9.11. The number of ether oxygens (including phenoxy) is 2. The van der Waals surface area contributed by atoms with Crippen LogP contribution in [0.25, 0.3) is 0 Å². The number of hydrogen-bond acceptors (Lipinski definition) is 3. The summed E-state index contributed by atoms with van der Waals surface area (Å²) in [6.45, 7) is 3.73. The molecule has 0 saturated heterocycles. The van der Waals surface area contributed by atoms with Crippen molar-refractivity contribution in [3.8, 4) is 11.5 Å². The number of rotatable bonds is 3. The molecule has 1 N–H and O–H groups in total. The van der Waals surface area contributed by atoms with Crippen molar-refractivity contribution < 1.29 is 14.3 Å². The Kier molecular flexibility index (Phi) is 3.97. The number of benzene rings is 1. The van der Waals surface area contributed by atoms with Gasteiger partial charge >= 0.3 is 6.09 Å². The molecular formula is C11H15NO3. The molecule has 0 spiro atoms. The number of methoxy groups -OCH3 is 1. The van der Waals surface area contributed by atoms with E-state index in [1.165, 1.54) is 7.11 Å². The lowest BCUT2D eigenvalue weighted by molar-refractivity contribution is 0.195. The van der Waals surface area contributed by atoms with E-state index < -0.39 is 6.09 Å². The molecular weight excluding hydrogens is 194 g/mol. The molecule has 4 heteroatoms. The summed E-state index contributed by atoms with van der Waals surface area (Å²) < 4.78 is 10.1. The van der Waals surface area contributed by atoms with Crippen molar-refractivity contribution in [1.82, 2.24) is 5.32 Å². The van der Waals surface area contributed by atoms with Crippen molar-refractivity contribution in [2.24, 2.45) is 0 Å². The Morgan fingerprint density at radius 2 is 1.87 bits per heavy atom. The lowest BCUT2D eigenvalue weighted by Crippen LogP contribution is -2.32. The van der Waals surface area contributed by atoms with Gasteiger partial charge in [0.15, 0.2) is 11.5 Å². The van der Waals surface area contributed by atoms with Gasteiger partial charge in [0.2, 0.25) is 0 Å². The predicted molar refractivity (Wildman–Crippen MR) is 57.3 cm³/mol. The van der Waals surface area contributed by atoms with E-state index in [2.05, 4.69) is 5.32 Å². The first-order chi connectivity index (χ1) is 7.13. The molecule has 0 radical (unpaired) electrons. The molecule has 1 aromatic rings. The van der Waals surface area contributed by atoms with E-state index in [9.17, 15) is 4.79 Å².